The zero-order chi connectivity index (χ0) is 23.0. The number of benzene rings is 1. The zero-order valence-electron chi connectivity index (χ0n) is 19.4. The van der Waals surface area contributed by atoms with Gasteiger partial charge in [-0.05, 0) is 49.4 Å². The molecular formula is C27H33N3O3. The van der Waals surface area contributed by atoms with Crippen molar-refractivity contribution in [2.45, 2.75) is 58.4 Å². The van der Waals surface area contributed by atoms with E-state index in [1.54, 1.807) is 17.3 Å². The van der Waals surface area contributed by atoms with Gasteiger partial charge in [-0.1, -0.05) is 38.7 Å². The third kappa shape index (κ3) is 5.81. The van der Waals surface area contributed by atoms with Crippen molar-refractivity contribution < 1.29 is 14.3 Å². The van der Waals surface area contributed by atoms with E-state index in [0.29, 0.717) is 31.2 Å². The molecule has 174 valence electrons. The minimum atomic E-state index is -0.479. The number of ketones is 1. The molecule has 1 aromatic carbocycles. The summed E-state index contributed by atoms with van der Waals surface area (Å²) >= 11 is 0. The van der Waals surface area contributed by atoms with Gasteiger partial charge in [-0.25, -0.2) is 0 Å². The number of hydrogen-bond donors (Lipinski definition) is 1. The van der Waals surface area contributed by atoms with Gasteiger partial charge < -0.3 is 14.6 Å². The van der Waals surface area contributed by atoms with Crippen LogP contribution in [0, 0.1) is 5.92 Å². The van der Waals surface area contributed by atoms with E-state index in [4.69, 9.17) is 4.74 Å². The number of aromatic amines is 1. The molecule has 6 nitrogen and oxygen atoms in total. The van der Waals surface area contributed by atoms with Gasteiger partial charge in [0.1, 0.15) is 5.75 Å². The van der Waals surface area contributed by atoms with Crippen molar-refractivity contribution in [3.8, 4) is 5.75 Å². The first kappa shape index (κ1) is 23.0. The van der Waals surface area contributed by atoms with E-state index in [1.165, 1.54) is 19.3 Å². The molecule has 0 atom stereocenters. The molecule has 33 heavy (non-hydrogen) atoms. The molecule has 2 heterocycles. The fourth-order valence-electron chi connectivity index (χ4n) is 4.56. The van der Waals surface area contributed by atoms with Gasteiger partial charge in [-0.3, -0.25) is 14.6 Å². The molecule has 0 radical (unpaired) electrons. The normalized spacial score (nSPS) is 14.3. The molecule has 1 fully saturated rings. The second-order valence-corrected chi connectivity index (χ2v) is 8.95. The number of rotatable bonds is 10. The maximum atomic E-state index is 13.4. The number of unbranched alkanes of at least 4 members (excludes halogenated alkanes) is 1. The van der Waals surface area contributed by atoms with Crippen LogP contribution >= 0.6 is 0 Å². The molecular weight excluding hydrogens is 414 g/mol. The van der Waals surface area contributed by atoms with E-state index in [9.17, 15) is 9.59 Å². The maximum absolute atomic E-state index is 13.4. The quantitative estimate of drug-likeness (QED) is 0.252. The third-order valence-corrected chi connectivity index (χ3v) is 6.43. The van der Waals surface area contributed by atoms with Crippen molar-refractivity contribution in [3.05, 3.63) is 60.0 Å². The van der Waals surface area contributed by atoms with Crippen molar-refractivity contribution in [2.75, 3.05) is 13.2 Å². The lowest BCUT2D eigenvalue weighted by atomic mass is 9.88. The van der Waals surface area contributed by atoms with Gasteiger partial charge in [-0.2, -0.15) is 0 Å². The number of H-pyrrole nitrogens is 1. The average Bonchev–Trinajstić information content (AvgIpc) is 3.27. The molecule has 0 bridgehead atoms. The Hall–Kier alpha value is -3.15. The van der Waals surface area contributed by atoms with E-state index in [0.717, 1.165) is 48.0 Å². The standard InChI is InChI=1S/C27H33N3O3/c1-2-3-15-33-22-12-13-23-24(17-29-25(23)16-22)26(31)27(32)30(18-20-9-5-4-6-10-20)19-21-11-7-8-14-28-21/h7-8,11-14,16-17,20,29H,2-6,9-10,15,18-19H2,1H3. The molecule has 6 heteroatoms. The second kappa shape index (κ2) is 11.1. The lowest BCUT2D eigenvalue weighted by molar-refractivity contribution is -0.127. The number of nitrogens with zero attached hydrogens (tertiary/aromatic N) is 2. The van der Waals surface area contributed by atoms with Gasteiger partial charge in [0.05, 0.1) is 24.4 Å². The van der Waals surface area contributed by atoms with Crippen LogP contribution in [0.3, 0.4) is 0 Å². The molecule has 1 amide bonds. The van der Waals surface area contributed by atoms with Crippen LogP contribution in [0.2, 0.25) is 0 Å². The molecule has 1 aliphatic rings. The van der Waals surface area contributed by atoms with Crippen molar-refractivity contribution >= 4 is 22.6 Å². The van der Waals surface area contributed by atoms with Crippen LogP contribution in [0.1, 0.15) is 67.9 Å². The molecule has 1 N–H and O–H groups in total. The van der Waals surface area contributed by atoms with E-state index >= 15 is 0 Å². The van der Waals surface area contributed by atoms with E-state index < -0.39 is 11.7 Å². The monoisotopic (exact) mass is 447 g/mol. The summed E-state index contributed by atoms with van der Waals surface area (Å²) in [7, 11) is 0. The number of ether oxygens (including phenoxy) is 1. The van der Waals surface area contributed by atoms with Crippen LogP contribution < -0.4 is 4.74 Å². The molecule has 1 saturated carbocycles. The maximum Gasteiger partial charge on any atom is 0.295 e. The van der Waals surface area contributed by atoms with Crippen molar-refractivity contribution in [1.29, 1.82) is 0 Å². The van der Waals surface area contributed by atoms with E-state index in [-0.39, 0.29) is 0 Å². The molecule has 0 unspecified atom stereocenters. The smallest absolute Gasteiger partial charge is 0.295 e. The first-order valence-corrected chi connectivity index (χ1v) is 12.1. The van der Waals surface area contributed by atoms with Crippen LogP contribution in [0.25, 0.3) is 10.9 Å². The minimum Gasteiger partial charge on any atom is -0.494 e. The summed E-state index contributed by atoms with van der Waals surface area (Å²) in [5, 5.41) is 0.742. The number of carbonyl (C=O) groups is 2. The number of fused-ring (bicyclic) bond motifs is 1. The minimum absolute atomic E-state index is 0.347. The summed E-state index contributed by atoms with van der Waals surface area (Å²) in [4.78, 5) is 36.0. The van der Waals surface area contributed by atoms with Gasteiger partial charge >= 0.3 is 0 Å². The Morgan fingerprint density at radius 2 is 2.00 bits per heavy atom. The highest BCUT2D eigenvalue weighted by molar-refractivity contribution is 6.44. The van der Waals surface area contributed by atoms with Gasteiger partial charge in [0.25, 0.3) is 11.7 Å². The second-order valence-electron chi connectivity index (χ2n) is 8.95. The molecule has 0 saturated heterocycles. The Morgan fingerprint density at radius 1 is 1.15 bits per heavy atom. The predicted molar refractivity (Wildman–Crippen MR) is 129 cm³/mol. The molecule has 1 aliphatic carbocycles. The van der Waals surface area contributed by atoms with E-state index in [2.05, 4.69) is 16.9 Å². The summed E-state index contributed by atoms with van der Waals surface area (Å²) in [5.74, 6) is 0.255. The van der Waals surface area contributed by atoms with Crippen LogP contribution in [0.5, 0.6) is 5.75 Å². The Morgan fingerprint density at radius 3 is 2.76 bits per heavy atom. The van der Waals surface area contributed by atoms with Crippen LogP contribution in [0.15, 0.2) is 48.8 Å². The van der Waals surface area contributed by atoms with Crippen molar-refractivity contribution in [1.82, 2.24) is 14.9 Å². The first-order valence-electron chi connectivity index (χ1n) is 12.1. The van der Waals surface area contributed by atoms with Gasteiger partial charge in [-0.15, -0.1) is 0 Å². The van der Waals surface area contributed by atoms with Crippen molar-refractivity contribution in [2.24, 2.45) is 5.92 Å². The summed E-state index contributed by atoms with van der Waals surface area (Å²) < 4.78 is 5.77. The number of amides is 1. The SMILES string of the molecule is CCCCOc1ccc2c(C(=O)C(=O)N(Cc3ccccn3)CC3CCCCC3)c[nH]c2c1. The highest BCUT2D eigenvalue weighted by Gasteiger charge is 2.28. The topological polar surface area (TPSA) is 75.3 Å². The third-order valence-electron chi connectivity index (χ3n) is 6.43. The molecule has 4 rings (SSSR count). The van der Waals surface area contributed by atoms with Gasteiger partial charge in [0, 0.05) is 35.9 Å². The fraction of sp³-hybridized carbons (Fsp3) is 0.444. The Labute approximate surface area is 195 Å². The number of carbonyl (C=O) groups excluding carboxylic acids is 2. The number of Topliss-reactive ketones (excluding diaryl/α,β-unsaturated/α-hetero) is 1. The Bertz CT molecular complexity index is 1070. The lowest BCUT2D eigenvalue weighted by Crippen LogP contribution is -2.40. The summed E-state index contributed by atoms with van der Waals surface area (Å²) in [6, 6.07) is 11.3. The largest absolute Gasteiger partial charge is 0.494 e. The van der Waals surface area contributed by atoms with Gasteiger partial charge in [0.15, 0.2) is 0 Å². The highest BCUT2D eigenvalue weighted by Crippen LogP contribution is 2.27. The molecule has 2 aromatic heterocycles. The van der Waals surface area contributed by atoms with Crippen LogP contribution in [0.4, 0.5) is 0 Å². The number of hydrogen-bond acceptors (Lipinski definition) is 4. The molecule has 0 spiro atoms. The van der Waals surface area contributed by atoms with Crippen LogP contribution in [-0.4, -0.2) is 39.7 Å². The highest BCUT2D eigenvalue weighted by atomic mass is 16.5. The van der Waals surface area contributed by atoms with Crippen LogP contribution in [-0.2, 0) is 11.3 Å². The number of pyridine rings is 1. The number of nitrogens with one attached hydrogen (secondary N) is 1. The zero-order valence-corrected chi connectivity index (χ0v) is 19.4. The summed E-state index contributed by atoms with van der Waals surface area (Å²) in [6.45, 7) is 3.73. The Kier molecular flexibility index (Phi) is 7.76. The van der Waals surface area contributed by atoms with Gasteiger partial charge in [0.2, 0.25) is 0 Å². The fourth-order valence-corrected chi connectivity index (χ4v) is 4.56. The summed E-state index contributed by atoms with van der Waals surface area (Å²) in [5.41, 5.74) is 2.00. The molecule has 0 aliphatic heterocycles. The Balaban J connectivity index is 1.53. The lowest BCUT2D eigenvalue weighted by Gasteiger charge is -2.29. The first-order chi connectivity index (χ1) is 16.2. The van der Waals surface area contributed by atoms with Crippen molar-refractivity contribution in [3.63, 3.8) is 0 Å². The average molecular weight is 448 g/mol. The molecule has 3 aromatic rings. The predicted octanol–water partition coefficient (Wildman–Crippen LogP) is 5.53. The summed E-state index contributed by atoms with van der Waals surface area (Å²) in [6.07, 6.45) is 11.3. The van der Waals surface area contributed by atoms with E-state index in [1.807, 2.05) is 36.4 Å². The number of aromatic nitrogens is 2.